The fourth-order valence-electron chi connectivity index (χ4n) is 4.13. The number of nitrogens with two attached hydrogens (primary N) is 1. The number of nitrogens with zero attached hydrogens (tertiary/aromatic N) is 2. The van der Waals surface area contributed by atoms with Crippen LogP contribution in [0.1, 0.15) is 10.4 Å². The largest absolute Gasteiger partial charge is 0.573 e. The van der Waals surface area contributed by atoms with Gasteiger partial charge in [-0.15, -0.1) is 13.2 Å². The van der Waals surface area contributed by atoms with Crippen LogP contribution in [-0.4, -0.2) is 67.6 Å². The molecule has 2 atom stereocenters. The summed E-state index contributed by atoms with van der Waals surface area (Å²) in [7, 11) is 2.77. The summed E-state index contributed by atoms with van der Waals surface area (Å²) in [6.45, 7) is 0.413. The average molecular weight is 542 g/mol. The Morgan fingerprint density at radius 1 is 1.27 bits per heavy atom. The van der Waals surface area contributed by atoms with Gasteiger partial charge in [0.2, 0.25) is 5.79 Å². The molecule has 0 aliphatic carbocycles. The molecule has 198 valence electrons. The van der Waals surface area contributed by atoms with Gasteiger partial charge in [0, 0.05) is 26.8 Å². The highest BCUT2D eigenvalue weighted by molar-refractivity contribution is 7.22. The van der Waals surface area contributed by atoms with Gasteiger partial charge in [0.25, 0.3) is 5.91 Å². The number of aromatic carboxylic acids is 1. The Bertz CT molecular complexity index is 1340. The number of amides is 1. The second-order valence-corrected chi connectivity index (χ2v) is 8.94. The Balaban J connectivity index is 1.80. The summed E-state index contributed by atoms with van der Waals surface area (Å²) < 4.78 is 53.0. The van der Waals surface area contributed by atoms with Crippen LogP contribution < -0.4 is 26.0 Å². The number of ether oxygens (including phenoxy) is 3. The number of halogens is 3. The Morgan fingerprint density at radius 2 is 2.03 bits per heavy atom. The van der Waals surface area contributed by atoms with Crippen LogP contribution >= 0.6 is 11.3 Å². The molecular formula is C22H22F3N5O6S. The Morgan fingerprint density at radius 3 is 2.65 bits per heavy atom. The fourth-order valence-corrected chi connectivity index (χ4v) is 5.08. The van der Waals surface area contributed by atoms with Crippen molar-refractivity contribution in [2.75, 3.05) is 42.9 Å². The number of aromatic nitrogens is 1. The quantitative estimate of drug-likeness (QED) is 0.302. The molecule has 0 spiro atoms. The molecule has 0 fully saturated rings. The molecular weight excluding hydrogens is 519 g/mol. The highest BCUT2D eigenvalue weighted by Crippen LogP contribution is 2.44. The molecule has 2 aromatic carbocycles. The van der Waals surface area contributed by atoms with Gasteiger partial charge in [-0.3, -0.25) is 4.79 Å². The first kappa shape index (κ1) is 26.2. The molecule has 2 heterocycles. The van der Waals surface area contributed by atoms with Crippen molar-refractivity contribution in [1.82, 2.24) is 4.98 Å². The number of carbonyl (C=O) groups excluding carboxylic acids is 1. The van der Waals surface area contributed by atoms with Crippen LogP contribution in [0.5, 0.6) is 5.75 Å². The Hall–Kier alpha value is -3.82. The van der Waals surface area contributed by atoms with E-state index in [-0.39, 0.29) is 23.8 Å². The van der Waals surface area contributed by atoms with Crippen LogP contribution in [0.25, 0.3) is 10.2 Å². The zero-order valence-corrected chi connectivity index (χ0v) is 20.3. The summed E-state index contributed by atoms with van der Waals surface area (Å²) >= 11 is 1.01. The van der Waals surface area contributed by atoms with Crippen LogP contribution in [0.3, 0.4) is 0 Å². The van der Waals surface area contributed by atoms with E-state index in [1.165, 1.54) is 38.5 Å². The lowest BCUT2D eigenvalue weighted by atomic mass is 10.1. The summed E-state index contributed by atoms with van der Waals surface area (Å²) in [4.78, 5) is 30.2. The number of hydrogen-bond acceptors (Lipinski definition) is 10. The number of nitrogens with one attached hydrogen (secondary N) is 2. The van der Waals surface area contributed by atoms with Crippen molar-refractivity contribution in [3.05, 3.63) is 42.0 Å². The van der Waals surface area contributed by atoms with Gasteiger partial charge in [-0.25, -0.2) is 9.78 Å². The minimum Gasteiger partial charge on any atom is -0.478 e. The van der Waals surface area contributed by atoms with E-state index in [4.69, 9.17) is 15.2 Å². The number of carboxylic acid groups (broad SMARTS) is 1. The van der Waals surface area contributed by atoms with Gasteiger partial charge in [-0.05, 0) is 30.3 Å². The minimum absolute atomic E-state index is 0.000959. The van der Waals surface area contributed by atoms with Crippen LogP contribution in [-0.2, 0) is 14.3 Å². The summed E-state index contributed by atoms with van der Waals surface area (Å²) in [6.07, 6.45) is -6.20. The summed E-state index contributed by atoms with van der Waals surface area (Å²) in [5.74, 6) is -4.01. The number of thiazole rings is 1. The molecule has 1 aromatic heterocycles. The molecule has 2 unspecified atom stereocenters. The minimum atomic E-state index is -4.85. The number of benzene rings is 2. The Kier molecular flexibility index (Phi) is 7.03. The van der Waals surface area contributed by atoms with E-state index < -0.39 is 35.9 Å². The molecule has 4 rings (SSSR count). The number of carboxylic acids is 1. The number of carbonyl (C=O) groups is 2. The predicted molar refractivity (Wildman–Crippen MR) is 129 cm³/mol. The number of anilines is 3. The molecule has 0 saturated heterocycles. The van der Waals surface area contributed by atoms with Crippen molar-refractivity contribution in [3.8, 4) is 5.75 Å². The van der Waals surface area contributed by atoms with Crippen molar-refractivity contribution < 1.29 is 42.1 Å². The lowest BCUT2D eigenvalue weighted by Crippen LogP contribution is -2.68. The molecule has 0 radical (unpaired) electrons. The zero-order chi connectivity index (χ0) is 27.0. The van der Waals surface area contributed by atoms with E-state index in [0.29, 0.717) is 21.6 Å². The van der Waals surface area contributed by atoms with E-state index in [0.717, 1.165) is 17.4 Å². The maximum absolute atomic E-state index is 12.7. The molecule has 3 aromatic rings. The molecule has 15 heteroatoms. The molecule has 37 heavy (non-hydrogen) atoms. The van der Waals surface area contributed by atoms with Gasteiger partial charge in [0.1, 0.15) is 5.75 Å². The van der Waals surface area contributed by atoms with E-state index in [1.807, 2.05) is 0 Å². The second kappa shape index (κ2) is 9.91. The number of fused-ring (bicyclic) bond motifs is 2. The molecule has 1 amide bonds. The Labute approximate surface area is 211 Å². The normalized spacial score (nSPS) is 17.8. The van der Waals surface area contributed by atoms with Gasteiger partial charge in [0.15, 0.2) is 11.2 Å². The van der Waals surface area contributed by atoms with Crippen molar-refractivity contribution in [2.24, 2.45) is 5.73 Å². The smallest absolute Gasteiger partial charge is 0.478 e. The zero-order valence-electron chi connectivity index (χ0n) is 19.5. The number of hydrogen-bond donors (Lipinski definition) is 4. The lowest BCUT2D eigenvalue weighted by molar-refractivity contribution is -0.274. The highest BCUT2D eigenvalue weighted by atomic mass is 32.1. The third kappa shape index (κ3) is 5.19. The topological polar surface area (TPSA) is 148 Å². The first-order valence-corrected chi connectivity index (χ1v) is 11.5. The molecule has 11 nitrogen and oxygen atoms in total. The van der Waals surface area contributed by atoms with Crippen LogP contribution in [0, 0.1) is 0 Å². The third-order valence-electron chi connectivity index (χ3n) is 5.57. The van der Waals surface area contributed by atoms with Gasteiger partial charge in [0.05, 0.1) is 33.8 Å². The van der Waals surface area contributed by atoms with Crippen LogP contribution in [0.15, 0.2) is 36.4 Å². The average Bonchev–Trinajstić information content (AvgIpc) is 3.33. The van der Waals surface area contributed by atoms with E-state index in [1.54, 1.807) is 11.0 Å². The van der Waals surface area contributed by atoms with Crippen LogP contribution in [0.4, 0.5) is 29.7 Å². The summed E-state index contributed by atoms with van der Waals surface area (Å²) in [6, 6.07) is 8.07. The standard InChI is InChI=1S/C22H22F3N5O6S/c1-34-8-7-30-15-6-3-11(19(32)33)9-14(15)28-21(30,17(35-2)18(26)31)29-20-27-13-5-4-12(10-16(13)37-20)36-22(23,24)25/h3-6,9-10,17,28H,7-8H2,1-2H3,(H2,26,31)(H,27,29)(H,32,33). The van der Waals surface area contributed by atoms with E-state index >= 15 is 0 Å². The first-order valence-electron chi connectivity index (χ1n) is 10.7. The lowest BCUT2D eigenvalue weighted by Gasteiger charge is -2.43. The van der Waals surface area contributed by atoms with Gasteiger partial charge in [-0.2, -0.15) is 0 Å². The number of methoxy groups -OCH3 is 2. The van der Waals surface area contributed by atoms with Gasteiger partial charge >= 0.3 is 12.3 Å². The highest BCUT2D eigenvalue weighted by Gasteiger charge is 2.53. The maximum atomic E-state index is 12.7. The van der Waals surface area contributed by atoms with Gasteiger partial charge in [-0.1, -0.05) is 11.3 Å². The van der Waals surface area contributed by atoms with E-state index in [9.17, 15) is 27.9 Å². The van der Waals surface area contributed by atoms with Gasteiger partial charge < -0.3 is 40.6 Å². The number of primary amides is 1. The van der Waals surface area contributed by atoms with Crippen molar-refractivity contribution in [3.63, 3.8) is 0 Å². The predicted octanol–water partition coefficient (Wildman–Crippen LogP) is 3.04. The maximum Gasteiger partial charge on any atom is 0.573 e. The molecule has 0 saturated carbocycles. The second-order valence-electron chi connectivity index (χ2n) is 7.91. The third-order valence-corrected chi connectivity index (χ3v) is 6.50. The van der Waals surface area contributed by atoms with Crippen molar-refractivity contribution in [1.29, 1.82) is 0 Å². The molecule has 1 aliphatic heterocycles. The molecule has 5 N–H and O–H groups in total. The summed E-state index contributed by atoms with van der Waals surface area (Å²) in [5.41, 5.74) is 6.96. The van der Waals surface area contributed by atoms with E-state index in [2.05, 4.69) is 20.4 Å². The number of rotatable bonds is 10. The molecule has 1 aliphatic rings. The first-order chi connectivity index (χ1) is 17.5. The fraction of sp³-hybridized carbons (Fsp3) is 0.318. The SMILES string of the molecule is COCCN1c2ccc(C(=O)O)cc2NC1(Nc1nc2ccc(OC(F)(F)F)cc2s1)C(OC)C(N)=O. The number of alkyl halides is 3. The van der Waals surface area contributed by atoms with Crippen LogP contribution in [0.2, 0.25) is 0 Å². The summed E-state index contributed by atoms with van der Waals surface area (Å²) in [5, 5.41) is 15.9. The molecule has 0 bridgehead atoms. The monoisotopic (exact) mass is 541 g/mol. The van der Waals surface area contributed by atoms with Crippen molar-refractivity contribution >= 4 is 49.9 Å². The van der Waals surface area contributed by atoms with Crippen molar-refractivity contribution in [2.45, 2.75) is 18.3 Å².